The van der Waals surface area contributed by atoms with Gasteiger partial charge in [-0.1, -0.05) is 34.1 Å². The first-order chi connectivity index (χ1) is 12.2. The molecule has 2 heterocycles. The van der Waals surface area contributed by atoms with Gasteiger partial charge < -0.3 is 5.32 Å². The molecule has 4 rings (SSSR count). The zero-order valence-electron chi connectivity index (χ0n) is 12.9. The van der Waals surface area contributed by atoms with E-state index in [2.05, 4.69) is 58.2 Å². The van der Waals surface area contributed by atoms with Crippen molar-refractivity contribution in [3.8, 4) is 11.4 Å². The Morgan fingerprint density at radius 1 is 0.880 bits per heavy atom. The van der Waals surface area contributed by atoms with Gasteiger partial charge in [0, 0.05) is 33.5 Å². The number of aromatic nitrogens is 3. The van der Waals surface area contributed by atoms with Gasteiger partial charge in [-0.05, 0) is 52.3 Å². The molecule has 0 saturated carbocycles. The van der Waals surface area contributed by atoms with Crippen LogP contribution in [0.2, 0.25) is 0 Å². The third-order valence-corrected chi connectivity index (χ3v) is 4.77. The van der Waals surface area contributed by atoms with Crippen LogP contribution in [0, 0.1) is 0 Å². The van der Waals surface area contributed by atoms with Crippen LogP contribution in [-0.4, -0.2) is 15.0 Å². The third-order valence-electron chi connectivity index (χ3n) is 3.69. The average Bonchev–Trinajstić information content (AvgIpc) is 2.63. The molecular weight excluding hydrogens is 444 g/mol. The molecule has 4 aromatic rings. The fourth-order valence-corrected chi connectivity index (χ4v) is 3.20. The van der Waals surface area contributed by atoms with Gasteiger partial charge in [-0.2, -0.15) is 0 Å². The van der Waals surface area contributed by atoms with E-state index >= 15 is 0 Å². The molecule has 0 aliphatic heterocycles. The molecule has 2 aromatic heterocycles. The number of nitrogens with zero attached hydrogens (tertiary/aromatic N) is 3. The highest BCUT2D eigenvalue weighted by Crippen LogP contribution is 2.28. The SMILES string of the molecule is Brc1cccc(-c2ncc(Br)c(Nc3ccc4ncccc4c3)n2)c1. The van der Waals surface area contributed by atoms with Crippen molar-refractivity contribution < 1.29 is 0 Å². The first-order valence-corrected chi connectivity index (χ1v) is 9.18. The van der Waals surface area contributed by atoms with Crippen molar-refractivity contribution in [2.75, 3.05) is 5.32 Å². The molecule has 1 N–H and O–H groups in total. The number of benzene rings is 2. The van der Waals surface area contributed by atoms with Crippen LogP contribution in [0.3, 0.4) is 0 Å². The van der Waals surface area contributed by atoms with Crippen molar-refractivity contribution in [1.29, 1.82) is 0 Å². The normalized spacial score (nSPS) is 10.8. The molecule has 4 nitrogen and oxygen atoms in total. The van der Waals surface area contributed by atoms with E-state index in [1.165, 1.54) is 0 Å². The highest BCUT2D eigenvalue weighted by atomic mass is 79.9. The largest absolute Gasteiger partial charge is 0.339 e. The minimum Gasteiger partial charge on any atom is -0.339 e. The molecule has 0 aliphatic rings. The molecule has 0 atom stereocenters. The molecular formula is C19H12Br2N4. The van der Waals surface area contributed by atoms with E-state index in [0.29, 0.717) is 11.6 Å². The minimum absolute atomic E-state index is 0.662. The van der Waals surface area contributed by atoms with Gasteiger partial charge in [-0.3, -0.25) is 4.98 Å². The molecule has 0 bridgehead atoms. The predicted molar refractivity (Wildman–Crippen MR) is 108 cm³/mol. The Bertz CT molecular complexity index is 1070. The summed E-state index contributed by atoms with van der Waals surface area (Å²) in [5.74, 6) is 1.38. The van der Waals surface area contributed by atoms with Crippen LogP contribution in [0.4, 0.5) is 11.5 Å². The number of anilines is 2. The van der Waals surface area contributed by atoms with Crippen molar-refractivity contribution in [3.05, 3.63) is 75.9 Å². The lowest BCUT2D eigenvalue weighted by Gasteiger charge is -2.10. The molecule has 0 radical (unpaired) electrons. The van der Waals surface area contributed by atoms with Gasteiger partial charge in [0.15, 0.2) is 5.82 Å². The smallest absolute Gasteiger partial charge is 0.161 e. The first-order valence-electron chi connectivity index (χ1n) is 7.59. The third kappa shape index (κ3) is 3.55. The van der Waals surface area contributed by atoms with Gasteiger partial charge in [0.05, 0.1) is 9.99 Å². The minimum atomic E-state index is 0.662. The molecule has 122 valence electrons. The molecule has 0 aliphatic carbocycles. The van der Waals surface area contributed by atoms with E-state index in [9.17, 15) is 0 Å². The Morgan fingerprint density at radius 3 is 2.68 bits per heavy atom. The Balaban J connectivity index is 1.70. The van der Waals surface area contributed by atoms with Crippen molar-refractivity contribution in [1.82, 2.24) is 15.0 Å². The number of pyridine rings is 1. The molecule has 25 heavy (non-hydrogen) atoms. The predicted octanol–water partition coefficient (Wildman–Crippen LogP) is 5.96. The molecule has 6 heteroatoms. The summed E-state index contributed by atoms with van der Waals surface area (Å²) in [5, 5.41) is 4.43. The van der Waals surface area contributed by atoms with Gasteiger partial charge in [-0.15, -0.1) is 0 Å². The molecule has 2 aromatic carbocycles. The Kier molecular flexibility index (Phi) is 4.46. The lowest BCUT2D eigenvalue weighted by Crippen LogP contribution is -1.98. The second-order valence-electron chi connectivity index (χ2n) is 5.44. The fraction of sp³-hybridized carbons (Fsp3) is 0. The van der Waals surface area contributed by atoms with Crippen molar-refractivity contribution in [2.45, 2.75) is 0 Å². The molecule has 0 saturated heterocycles. The number of nitrogens with one attached hydrogen (secondary N) is 1. The topological polar surface area (TPSA) is 50.7 Å². The zero-order valence-corrected chi connectivity index (χ0v) is 16.1. The maximum absolute atomic E-state index is 4.65. The summed E-state index contributed by atoms with van der Waals surface area (Å²) in [7, 11) is 0. The van der Waals surface area contributed by atoms with E-state index in [1.54, 1.807) is 12.4 Å². The van der Waals surface area contributed by atoms with Crippen LogP contribution in [0.5, 0.6) is 0 Å². The van der Waals surface area contributed by atoms with Crippen molar-refractivity contribution in [3.63, 3.8) is 0 Å². The molecule has 0 amide bonds. The lowest BCUT2D eigenvalue weighted by atomic mass is 10.2. The maximum atomic E-state index is 4.65. The number of hydrogen-bond donors (Lipinski definition) is 1. The van der Waals surface area contributed by atoms with Gasteiger partial charge in [0.1, 0.15) is 5.82 Å². The van der Waals surface area contributed by atoms with Crippen molar-refractivity contribution >= 4 is 54.3 Å². The second-order valence-corrected chi connectivity index (χ2v) is 7.21. The van der Waals surface area contributed by atoms with Gasteiger partial charge >= 0.3 is 0 Å². The van der Waals surface area contributed by atoms with E-state index in [-0.39, 0.29) is 0 Å². The van der Waals surface area contributed by atoms with Crippen LogP contribution in [0.25, 0.3) is 22.3 Å². The summed E-state index contributed by atoms with van der Waals surface area (Å²) >= 11 is 7.00. The number of halogens is 2. The molecule has 0 unspecified atom stereocenters. The van der Waals surface area contributed by atoms with Crippen molar-refractivity contribution in [2.24, 2.45) is 0 Å². The van der Waals surface area contributed by atoms with Gasteiger partial charge in [-0.25, -0.2) is 9.97 Å². The standard InChI is InChI=1S/C19H12Br2N4/c20-14-5-1-3-13(9-14)18-23-11-16(21)19(25-18)24-15-6-7-17-12(10-15)4-2-8-22-17/h1-11H,(H,23,24,25). The average molecular weight is 456 g/mol. The highest BCUT2D eigenvalue weighted by molar-refractivity contribution is 9.10. The molecule has 0 spiro atoms. The Labute approximate surface area is 161 Å². The van der Waals surface area contributed by atoms with E-state index in [1.807, 2.05) is 48.5 Å². The fourth-order valence-electron chi connectivity index (χ4n) is 2.51. The van der Waals surface area contributed by atoms with Crippen LogP contribution >= 0.6 is 31.9 Å². The quantitative estimate of drug-likeness (QED) is 0.414. The van der Waals surface area contributed by atoms with E-state index in [4.69, 9.17) is 0 Å². The van der Waals surface area contributed by atoms with E-state index in [0.717, 1.165) is 31.1 Å². The number of hydrogen-bond acceptors (Lipinski definition) is 4. The Morgan fingerprint density at radius 2 is 1.80 bits per heavy atom. The number of rotatable bonds is 3. The second kappa shape index (κ2) is 6.90. The Hall–Kier alpha value is -2.31. The first kappa shape index (κ1) is 16.2. The maximum Gasteiger partial charge on any atom is 0.161 e. The summed E-state index contributed by atoms with van der Waals surface area (Å²) < 4.78 is 1.80. The van der Waals surface area contributed by atoms with Crippen LogP contribution in [0.1, 0.15) is 0 Å². The van der Waals surface area contributed by atoms with Crippen LogP contribution in [-0.2, 0) is 0 Å². The molecule has 0 fully saturated rings. The number of fused-ring (bicyclic) bond motifs is 1. The summed E-state index contributed by atoms with van der Waals surface area (Å²) in [5.41, 5.74) is 2.86. The van der Waals surface area contributed by atoms with Crippen LogP contribution < -0.4 is 5.32 Å². The van der Waals surface area contributed by atoms with Gasteiger partial charge in [0.25, 0.3) is 0 Å². The summed E-state index contributed by atoms with van der Waals surface area (Å²) in [6.45, 7) is 0. The van der Waals surface area contributed by atoms with E-state index < -0.39 is 0 Å². The highest BCUT2D eigenvalue weighted by Gasteiger charge is 2.08. The summed E-state index contributed by atoms with van der Waals surface area (Å²) in [6, 6.07) is 17.9. The monoisotopic (exact) mass is 454 g/mol. The zero-order chi connectivity index (χ0) is 17.2. The summed E-state index contributed by atoms with van der Waals surface area (Å²) in [4.78, 5) is 13.4. The summed E-state index contributed by atoms with van der Waals surface area (Å²) in [6.07, 6.45) is 3.55. The van der Waals surface area contributed by atoms with Gasteiger partial charge in [0.2, 0.25) is 0 Å². The van der Waals surface area contributed by atoms with Crippen LogP contribution in [0.15, 0.2) is 75.9 Å². The lowest BCUT2D eigenvalue weighted by molar-refractivity contribution is 1.16.